The number of methoxy groups -OCH3 is 1. The van der Waals surface area contributed by atoms with E-state index < -0.39 is 5.97 Å². The minimum Gasteiger partial charge on any atom is -0.464 e. The molecule has 0 aromatic carbocycles. The van der Waals surface area contributed by atoms with Gasteiger partial charge in [-0.15, -0.1) is 0 Å². The van der Waals surface area contributed by atoms with Crippen LogP contribution in [0.25, 0.3) is 0 Å². The smallest absolute Gasteiger partial charge is 0.360 e. The first kappa shape index (κ1) is 12.0. The number of carbonyl (C=O) groups excluding carboxylic acids is 1. The lowest BCUT2D eigenvalue weighted by Gasteiger charge is -2.06. The molecule has 0 unspecified atom stereocenters. The minimum atomic E-state index is -0.548. The standard InChI is InChI=1S/C11H13N5O2/c1-7-14-9(11(17)18-2)10(12)16(7)6-8-4-3-5-13-15-8/h3-5H,6,12H2,1-2H3. The Morgan fingerprint density at radius 3 is 2.94 bits per heavy atom. The van der Waals surface area contributed by atoms with Gasteiger partial charge in [-0.3, -0.25) is 0 Å². The lowest BCUT2D eigenvalue weighted by atomic mass is 10.3. The molecule has 0 fully saturated rings. The second-order valence-electron chi connectivity index (χ2n) is 3.69. The molecule has 0 radical (unpaired) electrons. The maximum atomic E-state index is 11.4. The van der Waals surface area contributed by atoms with Crippen molar-refractivity contribution < 1.29 is 9.53 Å². The van der Waals surface area contributed by atoms with Crippen LogP contribution >= 0.6 is 0 Å². The maximum Gasteiger partial charge on any atom is 0.360 e. The number of aromatic nitrogens is 4. The topological polar surface area (TPSA) is 95.9 Å². The fourth-order valence-corrected chi connectivity index (χ4v) is 1.61. The molecule has 0 saturated heterocycles. The summed E-state index contributed by atoms with van der Waals surface area (Å²) in [5.41, 5.74) is 6.74. The lowest BCUT2D eigenvalue weighted by Crippen LogP contribution is -2.10. The zero-order valence-electron chi connectivity index (χ0n) is 10.1. The number of ether oxygens (including phenoxy) is 1. The van der Waals surface area contributed by atoms with Crippen molar-refractivity contribution in [2.24, 2.45) is 0 Å². The van der Waals surface area contributed by atoms with E-state index in [2.05, 4.69) is 19.9 Å². The fraction of sp³-hybridized carbons (Fsp3) is 0.273. The molecule has 2 aromatic rings. The van der Waals surface area contributed by atoms with E-state index in [1.165, 1.54) is 7.11 Å². The number of nitrogens with zero attached hydrogens (tertiary/aromatic N) is 4. The molecule has 18 heavy (non-hydrogen) atoms. The molecule has 2 aromatic heterocycles. The molecule has 2 N–H and O–H groups in total. The molecule has 7 nitrogen and oxygen atoms in total. The zero-order valence-corrected chi connectivity index (χ0v) is 10.1. The van der Waals surface area contributed by atoms with Gasteiger partial charge in [0.05, 0.1) is 19.3 Å². The van der Waals surface area contributed by atoms with Gasteiger partial charge in [-0.05, 0) is 19.1 Å². The Morgan fingerprint density at radius 1 is 1.56 bits per heavy atom. The van der Waals surface area contributed by atoms with E-state index in [1.807, 2.05) is 6.07 Å². The summed E-state index contributed by atoms with van der Waals surface area (Å²) in [4.78, 5) is 15.5. The molecule has 0 aliphatic heterocycles. The van der Waals surface area contributed by atoms with Gasteiger partial charge in [0.1, 0.15) is 11.6 Å². The SMILES string of the molecule is COC(=O)c1nc(C)n(Cc2cccnn2)c1N. The highest BCUT2D eigenvalue weighted by atomic mass is 16.5. The van der Waals surface area contributed by atoms with Gasteiger partial charge in [-0.1, -0.05) is 0 Å². The van der Waals surface area contributed by atoms with Crippen LogP contribution in [0.1, 0.15) is 22.0 Å². The molecule has 7 heteroatoms. The third-order valence-electron chi connectivity index (χ3n) is 2.52. The summed E-state index contributed by atoms with van der Waals surface area (Å²) in [6.07, 6.45) is 1.59. The van der Waals surface area contributed by atoms with E-state index >= 15 is 0 Å². The van der Waals surface area contributed by atoms with Crippen LogP contribution in [-0.2, 0) is 11.3 Å². The van der Waals surface area contributed by atoms with Gasteiger partial charge in [-0.25, -0.2) is 9.78 Å². The third kappa shape index (κ3) is 2.15. The summed E-state index contributed by atoms with van der Waals surface area (Å²) in [5, 5.41) is 7.74. The average Bonchev–Trinajstić information content (AvgIpc) is 2.67. The highest BCUT2D eigenvalue weighted by Crippen LogP contribution is 2.16. The second-order valence-corrected chi connectivity index (χ2v) is 3.69. The summed E-state index contributed by atoms with van der Waals surface area (Å²) in [5.74, 6) is 0.344. The third-order valence-corrected chi connectivity index (χ3v) is 2.52. The van der Waals surface area contributed by atoms with Crippen molar-refractivity contribution in [1.29, 1.82) is 0 Å². The molecular formula is C11H13N5O2. The molecule has 0 aliphatic rings. The van der Waals surface area contributed by atoms with Gasteiger partial charge in [-0.2, -0.15) is 10.2 Å². The fourth-order valence-electron chi connectivity index (χ4n) is 1.61. The first-order chi connectivity index (χ1) is 8.63. The van der Waals surface area contributed by atoms with Crippen molar-refractivity contribution in [1.82, 2.24) is 19.7 Å². The Morgan fingerprint density at radius 2 is 2.33 bits per heavy atom. The molecule has 0 spiro atoms. The number of nitrogens with two attached hydrogens (primary N) is 1. The van der Waals surface area contributed by atoms with Crippen molar-refractivity contribution in [3.8, 4) is 0 Å². The number of hydrogen-bond acceptors (Lipinski definition) is 6. The van der Waals surface area contributed by atoms with Crippen LogP contribution in [-0.4, -0.2) is 32.8 Å². The molecule has 0 saturated carbocycles. The molecule has 2 heterocycles. The van der Waals surface area contributed by atoms with Crippen molar-refractivity contribution in [3.05, 3.63) is 35.5 Å². The lowest BCUT2D eigenvalue weighted by molar-refractivity contribution is 0.0595. The predicted octanol–water partition coefficient (Wildman–Crippen LogP) is 0.399. The number of anilines is 1. The Bertz CT molecular complexity index is 564. The summed E-state index contributed by atoms with van der Waals surface area (Å²) in [6.45, 7) is 2.18. The summed E-state index contributed by atoms with van der Waals surface area (Å²) in [7, 11) is 1.29. The van der Waals surface area contributed by atoms with Gasteiger partial charge in [0.25, 0.3) is 0 Å². The first-order valence-corrected chi connectivity index (χ1v) is 5.31. The minimum absolute atomic E-state index is 0.124. The Labute approximate surface area is 104 Å². The van der Waals surface area contributed by atoms with Crippen LogP contribution in [0.5, 0.6) is 0 Å². The normalized spacial score (nSPS) is 10.3. The Kier molecular flexibility index (Phi) is 3.22. The molecule has 0 aliphatic carbocycles. The number of aryl methyl sites for hydroxylation is 1. The quantitative estimate of drug-likeness (QED) is 0.788. The largest absolute Gasteiger partial charge is 0.464 e. The predicted molar refractivity (Wildman–Crippen MR) is 63.8 cm³/mol. The molecule has 2 rings (SSSR count). The van der Waals surface area contributed by atoms with E-state index in [0.29, 0.717) is 12.4 Å². The number of esters is 1. The molecule has 0 bridgehead atoms. The summed E-state index contributed by atoms with van der Waals surface area (Å²) >= 11 is 0. The van der Waals surface area contributed by atoms with Crippen molar-refractivity contribution in [3.63, 3.8) is 0 Å². The zero-order chi connectivity index (χ0) is 13.1. The van der Waals surface area contributed by atoms with E-state index in [9.17, 15) is 4.79 Å². The highest BCUT2D eigenvalue weighted by molar-refractivity contribution is 5.92. The van der Waals surface area contributed by atoms with Crippen LogP contribution in [0.4, 0.5) is 5.82 Å². The Hall–Kier alpha value is -2.44. The molecule has 94 valence electrons. The van der Waals surface area contributed by atoms with E-state index in [0.717, 1.165) is 5.69 Å². The van der Waals surface area contributed by atoms with Gasteiger partial charge < -0.3 is 15.0 Å². The van der Waals surface area contributed by atoms with Gasteiger partial charge >= 0.3 is 5.97 Å². The van der Waals surface area contributed by atoms with Crippen molar-refractivity contribution in [2.45, 2.75) is 13.5 Å². The van der Waals surface area contributed by atoms with Gasteiger partial charge in [0, 0.05) is 6.20 Å². The number of rotatable bonds is 3. The summed E-state index contributed by atoms with van der Waals surface area (Å²) < 4.78 is 6.30. The number of nitrogen functional groups attached to an aromatic ring is 1. The van der Waals surface area contributed by atoms with Gasteiger partial charge in [0.15, 0.2) is 5.69 Å². The van der Waals surface area contributed by atoms with Crippen molar-refractivity contribution >= 4 is 11.8 Å². The van der Waals surface area contributed by atoms with Crippen LogP contribution in [0, 0.1) is 6.92 Å². The summed E-state index contributed by atoms with van der Waals surface area (Å²) in [6, 6.07) is 3.61. The van der Waals surface area contributed by atoms with E-state index in [1.54, 1.807) is 23.8 Å². The van der Waals surface area contributed by atoms with E-state index in [4.69, 9.17) is 5.73 Å². The van der Waals surface area contributed by atoms with Crippen LogP contribution in [0.2, 0.25) is 0 Å². The van der Waals surface area contributed by atoms with Crippen LogP contribution in [0.15, 0.2) is 18.3 Å². The maximum absolute atomic E-state index is 11.4. The molecule has 0 atom stereocenters. The molecular weight excluding hydrogens is 234 g/mol. The van der Waals surface area contributed by atoms with Crippen molar-refractivity contribution in [2.75, 3.05) is 12.8 Å². The second kappa shape index (κ2) is 4.82. The highest BCUT2D eigenvalue weighted by Gasteiger charge is 2.19. The van der Waals surface area contributed by atoms with Gasteiger partial charge in [0.2, 0.25) is 0 Å². The van der Waals surface area contributed by atoms with Crippen LogP contribution < -0.4 is 5.73 Å². The average molecular weight is 247 g/mol. The number of hydrogen-bond donors (Lipinski definition) is 1. The number of carbonyl (C=O) groups is 1. The number of imidazole rings is 1. The van der Waals surface area contributed by atoms with E-state index in [-0.39, 0.29) is 11.5 Å². The van der Waals surface area contributed by atoms with Crippen LogP contribution in [0.3, 0.4) is 0 Å². The monoisotopic (exact) mass is 247 g/mol. The first-order valence-electron chi connectivity index (χ1n) is 5.31. The Balaban J connectivity index is 2.34. The molecule has 0 amide bonds.